The maximum absolute atomic E-state index is 12.5. The van der Waals surface area contributed by atoms with E-state index >= 15 is 0 Å². The third kappa shape index (κ3) is 4.98. The Morgan fingerprint density at radius 3 is 2.29 bits per heavy atom. The van der Waals surface area contributed by atoms with E-state index in [1.807, 2.05) is 30.3 Å². The van der Waals surface area contributed by atoms with Gasteiger partial charge in [-0.15, -0.1) is 0 Å². The first-order valence-corrected chi connectivity index (χ1v) is 8.98. The van der Waals surface area contributed by atoms with E-state index < -0.39 is 5.97 Å². The van der Waals surface area contributed by atoms with Gasteiger partial charge in [-0.25, -0.2) is 4.79 Å². The molecule has 3 aromatic carbocycles. The van der Waals surface area contributed by atoms with Crippen LogP contribution in [0.5, 0.6) is 5.75 Å². The van der Waals surface area contributed by atoms with Gasteiger partial charge >= 0.3 is 5.97 Å². The fraction of sp³-hybridized carbons (Fsp3) is 0.130. The quantitative estimate of drug-likeness (QED) is 0.294. The highest BCUT2D eigenvalue weighted by Gasteiger charge is 2.13. The second kappa shape index (κ2) is 9.37. The second-order valence-corrected chi connectivity index (χ2v) is 6.23. The van der Waals surface area contributed by atoms with Gasteiger partial charge < -0.3 is 15.3 Å². The van der Waals surface area contributed by atoms with Gasteiger partial charge in [0.05, 0.1) is 12.7 Å². The third-order valence-corrected chi connectivity index (χ3v) is 4.38. The van der Waals surface area contributed by atoms with E-state index in [0.717, 1.165) is 18.4 Å². The smallest absolute Gasteiger partial charge is 0.366 e. The standard InChI is InChI=1S/C23H22N2O3/c1-27-20-15-13-19(14-16-20)22(24)25-28-23(26)21-10-6-5-9-18(21)12-11-17-7-3-2-4-8-17/h2-10,13-16H,11-12H2,1H3,(H2,24,25). The van der Waals surface area contributed by atoms with Crippen molar-refractivity contribution in [3.05, 3.63) is 101 Å². The number of hydrogen-bond acceptors (Lipinski definition) is 4. The lowest BCUT2D eigenvalue weighted by molar-refractivity contribution is 0.0514. The van der Waals surface area contributed by atoms with E-state index in [0.29, 0.717) is 16.9 Å². The molecule has 0 bridgehead atoms. The lowest BCUT2D eigenvalue weighted by Gasteiger charge is -2.08. The molecule has 0 atom stereocenters. The fourth-order valence-corrected chi connectivity index (χ4v) is 2.82. The number of aryl methyl sites for hydroxylation is 2. The summed E-state index contributed by atoms with van der Waals surface area (Å²) in [7, 11) is 1.59. The molecule has 2 N–H and O–H groups in total. The van der Waals surface area contributed by atoms with Crippen molar-refractivity contribution in [3.8, 4) is 5.75 Å². The maximum atomic E-state index is 12.5. The molecule has 5 heteroatoms. The van der Waals surface area contributed by atoms with Crippen LogP contribution in [0.2, 0.25) is 0 Å². The molecule has 0 fully saturated rings. The second-order valence-electron chi connectivity index (χ2n) is 6.23. The molecule has 0 aliphatic heterocycles. The number of nitrogens with zero attached hydrogens (tertiary/aromatic N) is 1. The van der Waals surface area contributed by atoms with Gasteiger partial charge in [-0.1, -0.05) is 53.7 Å². The average Bonchev–Trinajstić information content (AvgIpc) is 2.76. The van der Waals surface area contributed by atoms with E-state index in [1.54, 1.807) is 43.5 Å². The summed E-state index contributed by atoms with van der Waals surface area (Å²) >= 11 is 0. The maximum Gasteiger partial charge on any atom is 0.366 e. The molecule has 0 saturated carbocycles. The number of ether oxygens (including phenoxy) is 1. The molecule has 0 amide bonds. The van der Waals surface area contributed by atoms with Crippen LogP contribution in [0.1, 0.15) is 27.0 Å². The highest BCUT2D eigenvalue weighted by Crippen LogP contribution is 2.15. The lowest BCUT2D eigenvalue weighted by atomic mass is 10.00. The molecule has 28 heavy (non-hydrogen) atoms. The Kier molecular flexibility index (Phi) is 6.41. The zero-order valence-electron chi connectivity index (χ0n) is 15.7. The number of oxime groups is 1. The summed E-state index contributed by atoms with van der Waals surface area (Å²) in [4.78, 5) is 17.6. The predicted molar refractivity (Wildman–Crippen MR) is 109 cm³/mol. The Labute approximate surface area is 164 Å². The van der Waals surface area contributed by atoms with Gasteiger partial charge in [0.1, 0.15) is 5.75 Å². The molecule has 0 aliphatic rings. The first-order valence-electron chi connectivity index (χ1n) is 8.98. The molecule has 0 saturated heterocycles. The van der Waals surface area contributed by atoms with Crippen molar-refractivity contribution in [2.75, 3.05) is 7.11 Å². The highest BCUT2D eigenvalue weighted by atomic mass is 16.7. The molecule has 0 heterocycles. The van der Waals surface area contributed by atoms with Crippen molar-refractivity contribution in [2.45, 2.75) is 12.8 Å². The minimum Gasteiger partial charge on any atom is -0.497 e. The molecule has 3 aromatic rings. The number of hydrogen-bond donors (Lipinski definition) is 1. The Morgan fingerprint density at radius 2 is 1.57 bits per heavy atom. The zero-order valence-corrected chi connectivity index (χ0v) is 15.7. The van der Waals surface area contributed by atoms with Gasteiger partial charge in [-0.3, -0.25) is 0 Å². The fourth-order valence-electron chi connectivity index (χ4n) is 2.82. The van der Waals surface area contributed by atoms with Gasteiger partial charge in [0, 0.05) is 5.56 Å². The molecule has 3 rings (SSSR count). The molecular formula is C23H22N2O3. The largest absolute Gasteiger partial charge is 0.497 e. The van der Waals surface area contributed by atoms with Gasteiger partial charge in [-0.05, 0) is 54.3 Å². The zero-order chi connectivity index (χ0) is 19.8. The van der Waals surface area contributed by atoms with Crippen LogP contribution in [0, 0.1) is 0 Å². The summed E-state index contributed by atoms with van der Waals surface area (Å²) in [6, 6.07) is 24.5. The highest BCUT2D eigenvalue weighted by molar-refractivity contribution is 5.98. The minimum absolute atomic E-state index is 0.123. The van der Waals surface area contributed by atoms with Crippen molar-refractivity contribution in [1.82, 2.24) is 0 Å². The monoisotopic (exact) mass is 374 g/mol. The Balaban J connectivity index is 1.68. The number of nitrogens with two attached hydrogens (primary N) is 1. The van der Waals surface area contributed by atoms with Gasteiger partial charge in [-0.2, -0.15) is 0 Å². The van der Waals surface area contributed by atoms with Crippen LogP contribution < -0.4 is 10.5 Å². The number of amidine groups is 1. The number of rotatable bonds is 7. The lowest BCUT2D eigenvalue weighted by Crippen LogP contribution is -2.15. The molecule has 0 unspecified atom stereocenters. The van der Waals surface area contributed by atoms with E-state index in [-0.39, 0.29) is 5.84 Å². The molecule has 0 aromatic heterocycles. The van der Waals surface area contributed by atoms with Gasteiger partial charge in [0.25, 0.3) is 0 Å². The molecular weight excluding hydrogens is 352 g/mol. The van der Waals surface area contributed by atoms with Crippen LogP contribution in [0.25, 0.3) is 0 Å². The molecule has 0 radical (unpaired) electrons. The first-order chi connectivity index (χ1) is 13.7. The summed E-state index contributed by atoms with van der Waals surface area (Å²) in [6.07, 6.45) is 1.56. The van der Waals surface area contributed by atoms with Crippen LogP contribution in [0.15, 0.2) is 84.0 Å². The summed E-state index contributed by atoms with van der Waals surface area (Å²) in [5.41, 5.74) is 9.18. The minimum atomic E-state index is -0.528. The molecule has 0 aliphatic carbocycles. The van der Waals surface area contributed by atoms with E-state index in [4.69, 9.17) is 15.3 Å². The number of benzene rings is 3. The van der Waals surface area contributed by atoms with Crippen LogP contribution in [0.3, 0.4) is 0 Å². The first kappa shape index (κ1) is 19.2. The van der Waals surface area contributed by atoms with E-state index in [9.17, 15) is 4.79 Å². The Hall–Kier alpha value is -3.60. The topological polar surface area (TPSA) is 73.9 Å². The number of carbonyl (C=O) groups is 1. The normalized spacial score (nSPS) is 11.1. The van der Waals surface area contributed by atoms with Crippen molar-refractivity contribution < 1.29 is 14.4 Å². The van der Waals surface area contributed by atoms with Gasteiger partial charge in [0.2, 0.25) is 0 Å². The Bertz CT molecular complexity index is 951. The van der Waals surface area contributed by atoms with Crippen LogP contribution in [-0.2, 0) is 17.7 Å². The summed E-state index contributed by atoms with van der Waals surface area (Å²) in [5.74, 6) is 0.304. The molecule has 142 valence electrons. The van der Waals surface area contributed by atoms with E-state index in [2.05, 4.69) is 17.3 Å². The summed E-state index contributed by atoms with van der Waals surface area (Å²) in [5, 5.41) is 3.79. The third-order valence-electron chi connectivity index (χ3n) is 4.38. The van der Waals surface area contributed by atoms with Crippen molar-refractivity contribution in [2.24, 2.45) is 10.9 Å². The summed E-state index contributed by atoms with van der Waals surface area (Å²) < 4.78 is 5.11. The van der Waals surface area contributed by atoms with Crippen molar-refractivity contribution >= 4 is 11.8 Å². The SMILES string of the molecule is COc1ccc(C(N)=NOC(=O)c2ccccc2CCc2ccccc2)cc1. The average molecular weight is 374 g/mol. The van der Waals surface area contributed by atoms with E-state index in [1.165, 1.54) is 5.56 Å². The predicted octanol–water partition coefficient (Wildman–Crippen LogP) is 3.96. The van der Waals surface area contributed by atoms with Crippen LogP contribution in [-0.4, -0.2) is 18.9 Å². The molecule has 0 spiro atoms. The van der Waals surface area contributed by atoms with Crippen molar-refractivity contribution in [3.63, 3.8) is 0 Å². The van der Waals surface area contributed by atoms with Gasteiger partial charge in [0.15, 0.2) is 5.84 Å². The van der Waals surface area contributed by atoms with Crippen molar-refractivity contribution in [1.29, 1.82) is 0 Å². The van der Waals surface area contributed by atoms with Crippen LogP contribution >= 0.6 is 0 Å². The number of carbonyl (C=O) groups excluding carboxylic acids is 1. The summed E-state index contributed by atoms with van der Waals surface area (Å²) in [6.45, 7) is 0. The number of methoxy groups -OCH3 is 1. The van der Waals surface area contributed by atoms with Crippen LogP contribution in [0.4, 0.5) is 0 Å². The molecule has 5 nitrogen and oxygen atoms in total. The Morgan fingerprint density at radius 1 is 0.893 bits per heavy atom.